The van der Waals surface area contributed by atoms with Gasteiger partial charge in [0.15, 0.2) is 0 Å². The van der Waals surface area contributed by atoms with Crippen molar-refractivity contribution in [2.45, 2.75) is 39.5 Å². The molecule has 0 atom stereocenters. The summed E-state index contributed by atoms with van der Waals surface area (Å²) in [5.74, 6) is 0. The van der Waals surface area contributed by atoms with Crippen LogP contribution in [0, 0.1) is 11.8 Å². The zero-order valence-electron chi connectivity index (χ0n) is 9.55. The molecule has 0 aliphatic heterocycles. The van der Waals surface area contributed by atoms with E-state index in [2.05, 4.69) is 20.3 Å². The van der Waals surface area contributed by atoms with E-state index in [-0.39, 0.29) is 5.41 Å². The van der Waals surface area contributed by atoms with Gasteiger partial charge in [-0.25, -0.2) is 0 Å². The van der Waals surface area contributed by atoms with Crippen LogP contribution in [0.2, 0.25) is 0 Å². The average Bonchev–Trinajstić information content (AvgIpc) is 2.25. The van der Waals surface area contributed by atoms with Crippen LogP contribution in [0.4, 0.5) is 0 Å². The normalized spacial score (nSPS) is 21.0. The molecule has 0 aromatic heterocycles. The van der Waals surface area contributed by atoms with Crippen molar-refractivity contribution >= 4 is 0 Å². The van der Waals surface area contributed by atoms with Crippen molar-refractivity contribution in [1.29, 1.82) is 0 Å². The lowest BCUT2D eigenvalue weighted by Gasteiger charge is -2.36. The second-order valence-electron chi connectivity index (χ2n) is 4.16. The molecular formula is C12H23O2. The fourth-order valence-electron chi connectivity index (χ4n) is 2.07. The van der Waals surface area contributed by atoms with Gasteiger partial charge in [-0.1, -0.05) is 12.8 Å². The maximum atomic E-state index is 5.57. The Bertz CT molecular complexity index is 129. The van der Waals surface area contributed by atoms with Gasteiger partial charge >= 0.3 is 0 Å². The van der Waals surface area contributed by atoms with Crippen LogP contribution in [-0.2, 0) is 9.47 Å². The quantitative estimate of drug-likeness (QED) is 0.655. The van der Waals surface area contributed by atoms with E-state index in [1.54, 1.807) is 0 Å². The Hall–Kier alpha value is -0.0800. The van der Waals surface area contributed by atoms with E-state index in [1.807, 2.05) is 0 Å². The fourth-order valence-corrected chi connectivity index (χ4v) is 2.07. The third-order valence-corrected chi connectivity index (χ3v) is 2.92. The second-order valence-corrected chi connectivity index (χ2v) is 4.16. The van der Waals surface area contributed by atoms with Crippen LogP contribution in [0.5, 0.6) is 0 Å². The highest BCUT2D eigenvalue weighted by Gasteiger charge is 2.32. The monoisotopic (exact) mass is 199 g/mol. The molecule has 1 fully saturated rings. The minimum absolute atomic E-state index is 0.282. The first-order valence-electron chi connectivity index (χ1n) is 5.80. The third-order valence-electron chi connectivity index (χ3n) is 2.92. The molecule has 1 rings (SSSR count). The Morgan fingerprint density at radius 1 is 1.14 bits per heavy atom. The molecule has 1 saturated carbocycles. The summed E-state index contributed by atoms with van der Waals surface area (Å²) in [4.78, 5) is 0. The van der Waals surface area contributed by atoms with Crippen LogP contribution in [0.1, 0.15) is 39.5 Å². The van der Waals surface area contributed by atoms with Gasteiger partial charge in [-0.2, -0.15) is 0 Å². The molecule has 1 aliphatic rings. The summed E-state index contributed by atoms with van der Waals surface area (Å²) < 4.78 is 11.1. The summed E-state index contributed by atoms with van der Waals surface area (Å²) in [7, 11) is 0. The average molecular weight is 199 g/mol. The largest absolute Gasteiger partial charge is 0.381 e. The predicted octanol–water partition coefficient (Wildman–Crippen LogP) is 2.82. The molecule has 2 nitrogen and oxygen atoms in total. The lowest BCUT2D eigenvalue weighted by Crippen LogP contribution is -2.34. The van der Waals surface area contributed by atoms with E-state index in [0.29, 0.717) is 0 Å². The third kappa shape index (κ3) is 3.58. The van der Waals surface area contributed by atoms with E-state index in [0.717, 1.165) is 32.8 Å². The van der Waals surface area contributed by atoms with Gasteiger partial charge in [-0.15, -0.1) is 0 Å². The second kappa shape index (κ2) is 6.41. The lowest BCUT2D eigenvalue weighted by molar-refractivity contribution is -0.0288. The fraction of sp³-hybridized carbons (Fsp3) is 0.917. The van der Waals surface area contributed by atoms with Gasteiger partial charge < -0.3 is 9.47 Å². The van der Waals surface area contributed by atoms with E-state index >= 15 is 0 Å². The highest BCUT2D eigenvalue weighted by molar-refractivity contribution is 4.89. The Morgan fingerprint density at radius 2 is 1.79 bits per heavy atom. The van der Waals surface area contributed by atoms with Gasteiger partial charge in [-0.05, 0) is 33.1 Å². The first-order valence-corrected chi connectivity index (χ1v) is 5.80. The Kier molecular flexibility index (Phi) is 5.49. The van der Waals surface area contributed by atoms with E-state index in [1.165, 1.54) is 19.3 Å². The summed E-state index contributed by atoms with van der Waals surface area (Å²) in [6, 6.07) is 0. The summed E-state index contributed by atoms with van der Waals surface area (Å²) in [5.41, 5.74) is 0.282. The topological polar surface area (TPSA) is 18.5 Å². The number of hydrogen-bond donors (Lipinski definition) is 0. The maximum absolute atomic E-state index is 5.57. The summed E-state index contributed by atoms with van der Waals surface area (Å²) in [6.07, 6.45) is 7.36. The van der Waals surface area contributed by atoms with E-state index in [9.17, 15) is 0 Å². The van der Waals surface area contributed by atoms with Gasteiger partial charge in [0.1, 0.15) is 0 Å². The van der Waals surface area contributed by atoms with Crippen molar-refractivity contribution in [2.75, 3.05) is 26.4 Å². The van der Waals surface area contributed by atoms with Crippen molar-refractivity contribution in [3.63, 3.8) is 0 Å². The van der Waals surface area contributed by atoms with Gasteiger partial charge in [0.05, 0.1) is 13.2 Å². The van der Waals surface area contributed by atoms with Crippen LogP contribution >= 0.6 is 0 Å². The summed E-state index contributed by atoms with van der Waals surface area (Å²) >= 11 is 0. The highest BCUT2D eigenvalue weighted by Crippen LogP contribution is 2.36. The molecule has 0 bridgehead atoms. The van der Waals surface area contributed by atoms with Gasteiger partial charge in [-0.3, -0.25) is 0 Å². The standard InChI is InChI=1S/C12H23O2/c1-3-13-10-12(11-14-4-2)8-6-5-7-9-12/h6H,3-5,7-11H2,1-2H3. The van der Waals surface area contributed by atoms with Crippen molar-refractivity contribution in [2.24, 2.45) is 5.41 Å². The molecule has 1 aliphatic carbocycles. The van der Waals surface area contributed by atoms with Gasteiger partial charge in [0, 0.05) is 18.6 Å². The van der Waals surface area contributed by atoms with Gasteiger partial charge in [0.25, 0.3) is 0 Å². The predicted molar refractivity (Wildman–Crippen MR) is 58.2 cm³/mol. The van der Waals surface area contributed by atoms with Crippen LogP contribution in [0.25, 0.3) is 0 Å². The van der Waals surface area contributed by atoms with E-state index < -0.39 is 0 Å². The first kappa shape index (κ1) is 12.0. The first-order chi connectivity index (χ1) is 6.83. The molecule has 0 amide bonds. The van der Waals surface area contributed by atoms with Crippen LogP contribution in [0.15, 0.2) is 0 Å². The number of hydrogen-bond acceptors (Lipinski definition) is 2. The molecule has 2 heteroatoms. The van der Waals surface area contributed by atoms with Crippen LogP contribution in [0.3, 0.4) is 0 Å². The minimum atomic E-state index is 0.282. The van der Waals surface area contributed by atoms with Crippen LogP contribution < -0.4 is 0 Å². The highest BCUT2D eigenvalue weighted by atomic mass is 16.5. The lowest BCUT2D eigenvalue weighted by atomic mass is 9.75. The molecule has 0 N–H and O–H groups in total. The minimum Gasteiger partial charge on any atom is -0.381 e. The molecule has 83 valence electrons. The Morgan fingerprint density at radius 3 is 2.21 bits per heavy atom. The molecule has 1 radical (unpaired) electrons. The zero-order chi connectivity index (χ0) is 10.3. The molecule has 0 spiro atoms. The molecule has 0 aromatic carbocycles. The van der Waals surface area contributed by atoms with Crippen molar-refractivity contribution in [1.82, 2.24) is 0 Å². The molecule has 0 aromatic rings. The number of rotatable bonds is 6. The maximum Gasteiger partial charge on any atom is 0.0544 e. The number of ether oxygens (including phenoxy) is 2. The van der Waals surface area contributed by atoms with Crippen molar-refractivity contribution < 1.29 is 9.47 Å². The summed E-state index contributed by atoms with van der Waals surface area (Å²) in [5, 5.41) is 0. The van der Waals surface area contributed by atoms with Gasteiger partial charge in [0.2, 0.25) is 0 Å². The Labute approximate surface area is 88.0 Å². The van der Waals surface area contributed by atoms with E-state index in [4.69, 9.17) is 9.47 Å². The zero-order valence-corrected chi connectivity index (χ0v) is 9.55. The van der Waals surface area contributed by atoms with Crippen LogP contribution in [-0.4, -0.2) is 26.4 Å². The molecule has 0 saturated heterocycles. The van der Waals surface area contributed by atoms with Crippen molar-refractivity contribution in [3.05, 3.63) is 6.42 Å². The SMILES string of the molecule is CCOCC1(COCC)C[CH]CCC1. The molecule has 0 heterocycles. The summed E-state index contributed by atoms with van der Waals surface area (Å²) in [6.45, 7) is 7.46. The molecule has 14 heavy (non-hydrogen) atoms. The smallest absolute Gasteiger partial charge is 0.0544 e. The molecule has 0 unspecified atom stereocenters. The molecular weight excluding hydrogens is 176 g/mol. The Balaban J connectivity index is 2.39. The van der Waals surface area contributed by atoms with Crippen molar-refractivity contribution in [3.8, 4) is 0 Å².